The zero-order valence-electron chi connectivity index (χ0n) is 16.7. The molecule has 0 aliphatic heterocycles. The average Bonchev–Trinajstić information content (AvgIpc) is 2.63. The third-order valence-corrected chi connectivity index (χ3v) is 3.77. The summed E-state index contributed by atoms with van der Waals surface area (Å²) in [5.41, 5.74) is 0. The number of carbonyl (C=O) groups excluding carboxylic acids is 2. The Balaban J connectivity index is 2.28. The number of esters is 2. The maximum Gasteiger partial charge on any atom is 0.336 e. The number of rotatable bonds is 13. The fourth-order valence-corrected chi connectivity index (χ4v) is 2.44. The summed E-state index contributed by atoms with van der Waals surface area (Å²) in [6.45, 7) is 6.34. The molecule has 0 aliphatic rings. The van der Waals surface area contributed by atoms with Crippen molar-refractivity contribution in [2.24, 2.45) is 0 Å². The van der Waals surface area contributed by atoms with Crippen LogP contribution in [-0.2, 0) is 14.3 Å². The van der Waals surface area contributed by atoms with E-state index in [1.54, 1.807) is 24.3 Å². The summed E-state index contributed by atoms with van der Waals surface area (Å²) in [6.07, 6.45) is 10.2. The summed E-state index contributed by atoms with van der Waals surface area (Å²) >= 11 is 0. The third kappa shape index (κ3) is 11.1. The first-order valence-electron chi connectivity index (χ1n) is 9.85. The van der Waals surface area contributed by atoms with Gasteiger partial charge in [0.2, 0.25) is 0 Å². The molecule has 27 heavy (non-hydrogen) atoms. The highest BCUT2D eigenvalue weighted by molar-refractivity contribution is 5.92. The van der Waals surface area contributed by atoms with Crippen molar-refractivity contribution in [2.45, 2.75) is 71.8 Å². The Labute approximate surface area is 162 Å². The van der Waals surface area contributed by atoms with Crippen LogP contribution in [0.15, 0.2) is 36.4 Å². The topological polar surface area (TPSA) is 61.8 Å². The second kappa shape index (κ2) is 13.8. The molecule has 0 radical (unpaired) electrons. The predicted octanol–water partition coefficient (Wildman–Crippen LogP) is 5.23. The van der Waals surface area contributed by atoms with Crippen LogP contribution < -0.4 is 9.47 Å². The van der Waals surface area contributed by atoms with Crippen LogP contribution in [0, 0.1) is 0 Å². The molecule has 150 valence electrons. The van der Waals surface area contributed by atoms with Gasteiger partial charge in [0, 0.05) is 12.2 Å². The summed E-state index contributed by atoms with van der Waals surface area (Å²) < 4.78 is 15.9. The minimum Gasteiger partial charge on any atom is -0.487 e. The molecule has 0 N–H and O–H groups in total. The Bertz CT molecular complexity index is 592. The monoisotopic (exact) mass is 376 g/mol. The standard InChI is InChI=1S/C22H32O5/c1-4-5-6-7-8-9-12-17-25-21(23)15-16-22(24)27-20-14-11-10-13-19(20)26-18(2)3/h10-11,13-16,18H,4-9,12,17H2,1-3H3/b16-15+. The minimum absolute atomic E-state index is 0.0398. The lowest BCUT2D eigenvalue weighted by Gasteiger charge is -2.13. The van der Waals surface area contributed by atoms with E-state index < -0.39 is 11.9 Å². The van der Waals surface area contributed by atoms with Crippen LogP contribution in [0.4, 0.5) is 0 Å². The Kier molecular flexibility index (Phi) is 11.7. The molecular formula is C22H32O5. The minimum atomic E-state index is -0.650. The predicted molar refractivity (Wildman–Crippen MR) is 106 cm³/mol. The maximum atomic E-state index is 11.9. The van der Waals surface area contributed by atoms with Crippen LogP contribution in [0.1, 0.15) is 65.7 Å². The van der Waals surface area contributed by atoms with E-state index in [0.717, 1.165) is 31.4 Å². The lowest BCUT2D eigenvalue weighted by Crippen LogP contribution is -2.10. The van der Waals surface area contributed by atoms with Gasteiger partial charge >= 0.3 is 11.9 Å². The van der Waals surface area contributed by atoms with Crippen molar-refractivity contribution in [3.8, 4) is 11.5 Å². The van der Waals surface area contributed by atoms with Crippen LogP contribution in [0.5, 0.6) is 11.5 Å². The van der Waals surface area contributed by atoms with E-state index in [9.17, 15) is 9.59 Å². The first-order chi connectivity index (χ1) is 13.0. The quantitative estimate of drug-likeness (QED) is 0.204. The molecule has 1 aromatic rings. The maximum absolute atomic E-state index is 11.9. The molecule has 5 heteroatoms. The third-order valence-electron chi connectivity index (χ3n) is 3.77. The number of benzene rings is 1. The number of hydrogen-bond donors (Lipinski definition) is 0. The van der Waals surface area contributed by atoms with Gasteiger partial charge in [0.05, 0.1) is 12.7 Å². The molecule has 1 rings (SSSR count). The molecule has 0 saturated heterocycles. The van der Waals surface area contributed by atoms with E-state index in [4.69, 9.17) is 14.2 Å². The molecular weight excluding hydrogens is 344 g/mol. The van der Waals surface area contributed by atoms with Crippen LogP contribution in [0.2, 0.25) is 0 Å². The molecule has 0 atom stereocenters. The average molecular weight is 376 g/mol. The molecule has 0 bridgehead atoms. The first kappa shape index (κ1) is 22.7. The van der Waals surface area contributed by atoms with Gasteiger partial charge in [-0.1, -0.05) is 57.6 Å². The van der Waals surface area contributed by atoms with E-state index in [0.29, 0.717) is 18.1 Å². The van der Waals surface area contributed by atoms with Gasteiger partial charge in [-0.05, 0) is 32.4 Å². The van der Waals surface area contributed by atoms with E-state index in [-0.39, 0.29) is 6.10 Å². The van der Waals surface area contributed by atoms with Crippen LogP contribution in [0.25, 0.3) is 0 Å². The van der Waals surface area contributed by atoms with Gasteiger partial charge < -0.3 is 14.2 Å². The van der Waals surface area contributed by atoms with Gasteiger partial charge in [-0.2, -0.15) is 0 Å². The lowest BCUT2D eigenvalue weighted by molar-refractivity contribution is -0.138. The zero-order valence-corrected chi connectivity index (χ0v) is 16.7. The van der Waals surface area contributed by atoms with Gasteiger partial charge in [-0.15, -0.1) is 0 Å². The highest BCUT2D eigenvalue weighted by Gasteiger charge is 2.09. The second-order valence-electron chi connectivity index (χ2n) is 6.66. The number of ether oxygens (including phenoxy) is 3. The van der Waals surface area contributed by atoms with Crippen molar-refractivity contribution >= 4 is 11.9 Å². The van der Waals surface area contributed by atoms with Gasteiger partial charge in [-0.3, -0.25) is 0 Å². The molecule has 0 amide bonds. The van der Waals surface area contributed by atoms with Crippen molar-refractivity contribution in [3.63, 3.8) is 0 Å². The van der Waals surface area contributed by atoms with Crippen LogP contribution in [0.3, 0.4) is 0 Å². The molecule has 0 aromatic heterocycles. The van der Waals surface area contributed by atoms with E-state index in [1.807, 2.05) is 13.8 Å². The van der Waals surface area contributed by atoms with Crippen molar-refractivity contribution in [1.82, 2.24) is 0 Å². The smallest absolute Gasteiger partial charge is 0.336 e. The van der Waals surface area contributed by atoms with Gasteiger partial charge in [0.1, 0.15) is 0 Å². The Morgan fingerprint density at radius 2 is 1.48 bits per heavy atom. The summed E-state index contributed by atoms with van der Waals surface area (Å²) in [4.78, 5) is 23.5. The van der Waals surface area contributed by atoms with Crippen LogP contribution in [-0.4, -0.2) is 24.6 Å². The van der Waals surface area contributed by atoms with Crippen molar-refractivity contribution < 1.29 is 23.8 Å². The van der Waals surface area contributed by atoms with Crippen molar-refractivity contribution in [2.75, 3.05) is 6.61 Å². The first-order valence-corrected chi connectivity index (χ1v) is 9.85. The molecule has 1 aromatic carbocycles. The Morgan fingerprint density at radius 3 is 2.15 bits per heavy atom. The molecule has 0 unspecified atom stereocenters. The highest BCUT2D eigenvalue weighted by atomic mass is 16.6. The summed E-state index contributed by atoms with van der Waals surface area (Å²) in [5.74, 6) is -0.389. The highest BCUT2D eigenvalue weighted by Crippen LogP contribution is 2.27. The number of hydrogen-bond acceptors (Lipinski definition) is 5. The number of para-hydroxylation sites is 2. The zero-order chi connectivity index (χ0) is 19.9. The lowest BCUT2D eigenvalue weighted by atomic mass is 10.1. The fraction of sp³-hybridized carbons (Fsp3) is 0.545. The summed E-state index contributed by atoms with van der Waals surface area (Å²) in [5, 5.41) is 0. The SMILES string of the molecule is CCCCCCCCCOC(=O)/C=C/C(=O)Oc1ccccc1OC(C)C. The molecule has 0 aliphatic carbocycles. The molecule has 0 saturated carbocycles. The molecule has 5 nitrogen and oxygen atoms in total. The fourth-order valence-electron chi connectivity index (χ4n) is 2.44. The Morgan fingerprint density at radius 1 is 0.889 bits per heavy atom. The largest absolute Gasteiger partial charge is 0.487 e. The van der Waals surface area contributed by atoms with E-state index in [1.165, 1.54) is 25.7 Å². The van der Waals surface area contributed by atoms with Gasteiger partial charge in [-0.25, -0.2) is 9.59 Å². The molecule has 0 spiro atoms. The van der Waals surface area contributed by atoms with E-state index >= 15 is 0 Å². The Hall–Kier alpha value is -2.30. The second-order valence-corrected chi connectivity index (χ2v) is 6.66. The van der Waals surface area contributed by atoms with Crippen molar-refractivity contribution in [1.29, 1.82) is 0 Å². The van der Waals surface area contributed by atoms with E-state index in [2.05, 4.69) is 6.92 Å². The summed E-state index contributed by atoms with van der Waals surface area (Å²) in [6, 6.07) is 6.91. The van der Waals surface area contributed by atoms with Gasteiger partial charge in [0.25, 0.3) is 0 Å². The molecule has 0 fully saturated rings. The van der Waals surface area contributed by atoms with Crippen molar-refractivity contribution in [3.05, 3.63) is 36.4 Å². The number of unbranched alkanes of at least 4 members (excludes halogenated alkanes) is 6. The number of carbonyl (C=O) groups is 2. The summed E-state index contributed by atoms with van der Waals surface area (Å²) in [7, 11) is 0. The molecule has 0 heterocycles. The normalized spacial score (nSPS) is 11.0. The van der Waals surface area contributed by atoms with Crippen LogP contribution >= 0.6 is 0 Å². The van der Waals surface area contributed by atoms with Gasteiger partial charge in [0.15, 0.2) is 11.5 Å².